The molecule has 1 aromatic carbocycles. The zero-order valence-corrected chi connectivity index (χ0v) is 7.04. The first kappa shape index (κ1) is 7.24. The molecule has 3 nitrogen and oxygen atoms in total. The molecule has 12 heavy (non-hydrogen) atoms. The number of amides is 1. The van der Waals surface area contributed by atoms with Crippen LogP contribution in [0.4, 0.5) is 4.79 Å². The smallest absolute Gasteiger partial charge is 0.320 e. The summed E-state index contributed by atoms with van der Waals surface area (Å²) < 4.78 is 0.935. The lowest BCUT2D eigenvalue weighted by atomic mass is 10.3. The molecule has 60 valence electrons. The molecule has 0 aliphatic rings. The number of fused-ring (bicyclic) bond motifs is 1. The van der Waals surface area contributed by atoms with Crippen molar-refractivity contribution in [1.29, 1.82) is 0 Å². The maximum absolute atomic E-state index is 10.9. The molecule has 1 atom stereocenters. The van der Waals surface area contributed by atoms with Crippen LogP contribution in [0.2, 0.25) is 0 Å². The first-order valence-corrected chi connectivity index (χ1v) is 4.73. The molecule has 0 saturated carbocycles. The highest BCUT2D eigenvalue weighted by Crippen LogP contribution is 2.28. The highest BCUT2D eigenvalue weighted by Gasteiger charge is 2.18. The van der Waals surface area contributed by atoms with Gasteiger partial charge in [0.15, 0.2) is 0 Å². The Labute approximate surface area is 71.8 Å². The predicted octanol–water partition coefficient (Wildman–Crippen LogP) is 1.91. The SMILES string of the molecule is NC(=O)[s+]1cnc2ccccc21. The highest BCUT2D eigenvalue weighted by molar-refractivity contribution is 7.54. The van der Waals surface area contributed by atoms with E-state index < -0.39 is 10.5 Å². The molecule has 1 aromatic heterocycles. The number of hydrogen-bond acceptors (Lipinski definition) is 2. The van der Waals surface area contributed by atoms with Crippen molar-refractivity contribution < 1.29 is 4.79 Å². The van der Waals surface area contributed by atoms with Gasteiger partial charge in [0.1, 0.15) is 16.0 Å². The molecule has 0 aliphatic carbocycles. The van der Waals surface area contributed by atoms with Gasteiger partial charge in [-0.05, 0) is 6.07 Å². The first-order valence-electron chi connectivity index (χ1n) is 3.45. The average molecular weight is 179 g/mol. The number of nitrogens with two attached hydrogens (primary N) is 1. The average Bonchev–Trinajstić information content (AvgIpc) is 2.47. The van der Waals surface area contributed by atoms with Crippen LogP contribution in [0.5, 0.6) is 0 Å². The molecule has 1 amide bonds. The lowest BCUT2D eigenvalue weighted by Gasteiger charge is -1.80. The summed E-state index contributed by atoms with van der Waals surface area (Å²) in [6, 6.07) is 7.54. The molecule has 0 radical (unpaired) electrons. The second-order valence-corrected chi connectivity index (χ2v) is 4.09. The summed E-state index contributed by atoms with van der Waals surface area (Å²) in [5.74, 6) is 0. The van der Waals surface area contributed by atoms with E-state index in [9.17, 15) is 4.79 Å². The molecular formula is C8H7N2OS+. The Bertz CT molecular complexity index is 435. The third kappa shape index (κ3) is 0.967. The predicted molar refractivity (Wildman–Crippen MR) is 49.2 cm³/mol. The molecule has 2 rings (SSSR count). The number of rotatable bonds is 1. The van der Waals surface area contributed by atoms with Crippen molar-refractivity contribution in [2.75, 3.05) is 0 Å². The Balaban J connectivity index is 2.79. The van der Waals surface area contributed by atoms with E-state index in [-0.39, 0.29) is 5.24 Å². The van der Waals surface area contributed by atoms with Crippen molar-refractivity contribution >= 4 is 25.9 Å². The van der Waals surface area contributed by atoms with Gasteiger partial charge in [0, 0.05) is 6.07 Å². The molecule has 4 heteroatoms. The maximum atomic E-state index is 10.9. The van der Waals surface area contributed by atoms with Gasteiger partial charge in [-0.15, -0.1) is 0 Å². The molecule has 1 heterocycles. The minimum atomic E-state index is -0.607. The molecule has 2 aromatic rings. The fraction of sp³-hybridized carbons (Fsp3) is 0. The van der Waals surface area contributed by atoms with E-state index in [0.717, 1.165) is 10.2 Å². The maximum Gasteiger partial charge on any atom is 0.455 e. The number of aromatic nitrogens is 1. The normalized spacial score (nSPS) is 11.8. The Morgan fingerprint density at radius 1 is 1.42 bits per heavy atom. The van der Waals surface area contributed by atoms with E-state index in [1.165, 1.54) is 0 Å². The standard InChI is InChI=1S/C8H6N2OS/c9-8(11)12-5-10-6-3-1-2-4-7(6)12/h1-5H,(H-,9,11)/p+1. The molecule has 0 aliphatic heterocycles. The summed E-state index contributed by atoms with van der Waals surface area (Å²) in [5, 5.41) is -0.316. The van der Waals surface area contributed by atoms with Crippen molar-refractivity contribution in [3.05, 3.63) is 29.8 Å². The van der Waals surface area contributed by atoms with E-state index >= 15 is 0 Å². The summed E-state index contributed by atoms with van der Waals surface area (Å²) in [6.45, 7) is 0. The zero-order valence-electron chi connectivity index (χ0n) is 6.23. The molecule has 2 N–H and O–H groups in total. The van der Waals surface area contributed by atoms with Crippen LogP contribution in [0.15, 0.2) is 29.8 Å². The number of thiazole rings is 1. The minimum Gasteiger partial charge on any atom is -0.320 e. The van der Waals surface area contributed by atoms with Crippen LogP contribution >= 0.6 is 10.5 Å². The van der Waals surface area contributed by atoms with Crippen LogP contribution in [0.1, 0.15) is 0 Å². The Morgan fingerprint density at radius 3 is 2.92 bits per heavy atom. The van der Waals surface area contributed by atoms with Crippen LogP contribution < -0.4 is 5.73 Å². The number of primary amides is 1. The van der Waals surface area contributed by atoms with Crippen molar-refractivity contribution in [2.45, 2.75) is 0 Å². The summed E-state index contributed by atoms with van der Waals surface area (Å²) in [6.07, 6.45) is 0. The summed E-state index contributed by atoms with van der Waals surface area (Å²) in [5.41, 5.74) is 7.67. The summed E-state index contributed by atoms with van der Waals surface area (Å²) >= 11 is 0. The van der Waals surface area contributed by atoms with Crippen LogP contribution in [0, 0.1) is 0 Å². The van der Waals surface area contributed by atoms with Crippen LogP contribution in [0.3, 0.4) is 0 Å². The second kappa shape index (κ2) is 2.57. The number of carbonyl (C=O) groups is 1. The fourth-order valence-corrected chi connectivity index (χ4v) is 2.30. The Morgan fingerprint density at radius 2 is 2.17 bits per heavy atom. The topological polar surface area (TPSA) is 56.0 Å². The largest absolute Gasteiger partial charge is 0.455 e. The lowest BCUT2D eigenvalue weighted by molar-refractivity contribution is 0.266. The van der Waals surface area contributed by atoms with E-state index in [4.69, 9.17) is 5.73 Å². The number of hydrogen-bond donors (Lipinski definition) is 1. The van der Waals surface area contributed by atoms with E-state index in [1.54, 1.807) is 5.51 Å². The third-order valence-electron chi connectivity index (χ3n) is 1.62. The van der Waals surface area contributed by atoms with Gasteiger partial charge in [0.2, 0.25) is 10.2 Å². The number of para-hydroxylation sites is 1. The summed E-state index contributed by atoms with van der Waals surface area (Å²) in [7, 11) is -0.607. The van der Waals surface area contributed by atoms with Gasteiger partial charge in [0.25, 0.3) is 0 Å². The molecular weight excluding hydrogens is 172 g/mol. The molecule has 0 saturated heterocycles. The van der Waals surface area contributed by atoms with Crippen molar-refractivity contribution in [1.82, 2.24) is 4.98 Å². The van der Waals surface area contributed by atoms with E-state index in [2.05, 4.69) is 4.98 Å². The van der Waals surface area contributed by atoms with Gasteiger partial charge >= 0.3 is 5.24 Å². The number of benzene rings is 1. The van der Waals surface area contributed by atoms with Crippen molar-refractivity contribution in [3.63, 3.8) is 0 Å². The molecule has 0 fully saturated rings. The van der Waals surface area contributed by atoms with E-state index in [1.807, 2.05) is 24.3 Å². The van der Waals surface area contributed by atoms with Gasteiger partial charge in [-0.25, -0.2) is 4.79 Å². The Hall–Kier alpha value is -1.42. The molecule has 0 bridgehead atoms. The lowest BCUT2D eigenvalue weighted by Crippen LogP contribution is -2.01. The van der Waals surface area contributed by atoms with Gasteiger partial charge in [0.05, 0.1) is 0 Å². The van der Waals surface area contributed by atoms with E-state index in [0.29, 0.717) is 0 Å². The monoisotopic (exact) mass is 179 g/mol. The molecule has 1 unspecified atom stereocenters. The van der Waals surface area contributed by atoms with Gasteiger partial charge < -0.3 is 5.73 Å². The van der Waals surface area contributed by atoms with Crippen LogP contribution in [0.25, 0.3) is 10.2 Å². The van der Waals surface area contributed by atoms with Gasteiger partial charge in [-0.1, -0.05) is 12.1 Å². The fourth-order valence-electron chi connectivity index (χ4n) is 1.08. The number of nitrogens with zero attached hydrogens (tertiary/aromatic N) is 1. The van der Waals surface area contributed by atoms with Crippen LogP contribution in [-0.2, 0) is 0 Å². The Kier molecular flexibility index (Phi) is 1.55. The zero-order chi connectivity index (χ0) is 8.55. The third-order valence-corrected chi connectivity index (χ3v) is 3.18. The summed E-state index contributed by atoms with van der Waals surface area (Å²) in [4.78, 5) is 15.0. The van der Waals surface area contributed by atoms with Crippen molar-refractivity contribution in [2.24, 2.45) is 5.73 Å². The first-order chi connectivity index (χ1) is 5.79. The van der Waals surface area contributed by atoms with Gasteiger partial charge in [-0.3, -0.25) is 0 Å². The quantitative estimate of drug-likeness (QED) is 0.680. The van der Waals surface area contributed by atoms with Gasteiger partial charge in [-0.2, -0.15) is 4.98 Å². The highest BCUT2D eigenvalue weighted by atomic mass is 32.2. The second-order valence-electron chi connectivity index (χ2n) is 2.36. The van der Waals surface area contributed by atoms with Crippen molar-refractivity contribution in [3.8, 4) is 0 Å². The minimum absolute atomic E-state index is 0.316. The molecule has 0 spiro atoms. The number of carbonyl (C=O) groups excluding carboxylic acids is 1. The van der Waals surface area contributed by atoms with Crippen LogP contribution in [-0.4, -0.2) is 10.2 Å².